The molecule has 0 unspecified atom stereocenters. The molecule has 0 aliphatic rings. The van der Waals surface area contributed by atoms with E-state index in [-0.39, 0.29) is 12.3 Å². The Balaban J connectivity index is 2.64. The molecule has 0 spiro atoms. The predicted octanol–water partition coefficient (Wildman–Crippen LogP) is 3.18. The Morgan fingerprint density at radius 2 is 2.05 bits per heavy atom. The number of carbonyl (C=O) groups is 1. The van der Waals surface area contributed by atoms with Crippen molar-refractivity contribution in [2.75, 3.05) is 13.2 Å². The zero-order valence-corrected chi connectivity index (χ0v) is 13.4. The number of unbranched alkanes of at least 4 members (excludes halogenated alkanes) is 2. The van der Waals surface area contributed by atoms with Gasteiger partial charge in [0.15, 0.2) is 11.5 Å². The highest BCUT2D eigenvalue weighted by Gasteiger charge is 2.07. The minimum Gasteiger partial charge on any atom is -0.490 e. The molecule has 0 saturated carbocycles. The zero-order valence-electron chi connectivity index (χ0n) is 13.4. The Hall–Kier alpha value is -2.22. The topological polar surface area (TPSA) is 71.3 Å². The average Bonchev–Trinajstić information content (AvgIpc) is 2.51. The Labute approximate surface area is 132 Å². The summed E-state index contributed by atoms with van der Waals surface area (Å²) in [5.41, 5.74) is 0.913. The summed E-state index contributed by atoms with van der Waals surface area (Å²) in [5.74, 6) is 1.14. The summed E-state index contributed by atoms with van der Waals surface area (Å²) in [4.78, 5) is 11.3. The molecular formula is C17H24N2O3. The SMILES string of the molecule is CCCCCOc1ccc(CNC(=O)CC#N)cc1OCC. The van der Waals surface area contributed by atoms with Gasteiger partial charge in [-0.15, -0.1) is 0 Å². The first-order valence-corrected chi connectivity index (χ1v) is 7.73. The van der Waals surface area contributed by atoms with Gasteiger partial charge in [-0.3, -0.25) is 4.79 Å². The van der Waals surface area contributed by atoms with Crippen LogP contribution in [0.25, 0.3) is 0 Å². The molecule has 1 N–H and O–H groups in total. The van der Waals surface area contributed by atoms with Crippen LogP contribution in [0.5, 0.6) is 11.5 Å². The Morgan fingerprint density at radius 1 is 1.23 bits per heavy atom. The van der Waals surface area contributed by atoms with E-state index in [9.17, 15) is 4.79 Å². The number of amides is 1. The van der Waals surface area contributed by atoms with Gasteiger partial charge in [-0.2, -0.15) is 5.26 Å². The van der Waals surface area contributed by atoms with Gasteiger partial charge >= 0.3 is 0 Å². The summed E-state index contributed by atoms with van der Waals surface area (Å²) in [7, 11) is 0. The fourth-order valence-electron chi connectivity index (χ4n) is 1.92. The highest BCUT2D eigenvalue weighted by Crippen LogP contribution is 2.28. The molecule has 5 nitrogen and oxygen atoms in total. The van der Waals surface area contributed by atoms with Gasteiger partial charge in [0.2, 0.25) is 5.91 Å². The second-order valence-electron chi connectivity index (χ2n) is 4.88. The van der Waals surface area contributed by atoms with Crippen LogP contribution in [-0.2, 0) is 11.3 Å². The highest BCUT2D eigenvalue weighted by atomic mass is 16.5. The Bertz CT molecular complexity index is 509. The zero-order chi connectivity index (χ0) is 16.2. The van der Waals surface area contributed by atoms with E-state index in [0.29, 0.717) is 25.5 Å². The van der Waals surface area contributed by atoms with Crippen LogP contribution < -0.4 is 14.8 Å². The molecule has 1 amide bonds. The van der Waals surface area contributed by atoms with Crippen molar-refractivity contribution in [3.63, 3.8) is 0 Å². The summed E-state index contributed by atoms with van der Waals surface area (Å²) in [6.45, 7) is 5.67. The molecule has 0 fully saturated rings. The van der Waals surface area contributed by atoms with Crippen molar-refractivity contribution >= 4 is 5.91 Å². The summed E-state index contributed by atoms with van der Waals surface area (Å²) < 4.78 is 11.4. The number of hydrogen-bond acceptors (Lipinski definition) is 4. The van der Waals surface area contributed by atoms with Crippen LogP contribution in [0, 0.1) is 11.3 Å². The lowest BCUT2D eigenvalue weighted by Gasteiger charge is -2.13. The molecule has 0 aliphatic heterocycles. The first-order chi connectivity index (χ1) is 10.7. The molecule has 0 radical (unpaired) electrons. The third-order valence-corrected chi connectivity index (χ3v) is 3.04. The first-order valence-electron chi connectivity index (χ1n) is 7.73. The van der Waals surface area contributed by atoms with Crippen molar-refractivity contribution in [2.45, 2.75) is 46.1 Å². The van der Waals surface area contributed by atoms with Crippen molar-refractivity contribution < 1.29 is 14.3 Å². The van der Waals surface area contributed by atoms with Crippen molar-refractivity contribution in [3.8, 4) is 17.6 Å². The van der Waals surface area contributed by atoms with Crippen LogP contribution in [-0.4, -0.2) is 19.1 Å². The molecule has 120 valence electrons. The molecule has 0 bridgehead atoms. The maximum Gasteiger partial charge on any atom is 0.234 e. The lowest BCUT2D eigenvalue weighted by molar-refractivity contribution is -0.120. The molecule has 5 heteroatoms. The summed E-state index contributed by atoms with van der Waals surface area (Å²) in [6, 6.07) is 7.44. The van der Waals surface area contributed by atoms with Gasteiger partial charge in [-0.25, -0.2) is 0 Å². The third kappa shape index (κ3) is 6.49. The van der Waals surface area contributed by atoms with E-state index in [2.05, 4.69) is 12.2 Å². The highest BCUT2D eigenvalue weighted by molar-refractivity contribution is 5.77. The van der Waals surface area contributed by atoms with Gasteiger partial charge in [-0.05, 0) is 31.0 Å². The van der Waals surface area contributed by atoms with Gasteiger partial charge in [0.1, 0.15) is 6.42 Å². The van der Waals surface area contributed by atoms with E-state index in [4.69, 9.17) is 14.7 Å². The van der Waals surface area contributed by atoms with E-state index in [1.54, 1.807) is 0 Å². The fourth-order valence-corrected chi connectivity index (χ4v) is 1.92. The quantitative estimate of drug-likeness (QED) is 0.674. The molecule has 1 aromatic rings. The maximum absolute atomic E-state index is 11.3. The second kappa shape index (κ2) is 10.5. The molecule has 0 heterocycles. The summed E-state index contributed by atoms with van der Waals surface area (Å²) in [5, 5.41) is 11.1. The van der Waals surface area contributed by atoms with E-state index < -0.39 is 0 Å². The van der Waals surface area contributed by atoms with Gasteiger partial charge in [0, 0.05) is 6.54 Å². The van der Waals surface area contributed by atoms with Crippen LogP contribution >= 0.6 is 0 Å². The lowest BCUT2D eigenvalue weighted by atomic mass is 10.2. The van der Waals surface area contributed by atoms with E-state index >= 15 is 0 Å². The fraction of sp³-hybridized carbons (Fsp3) is 0.529. The van der Waals surface area contributed by atoms with Gasteiger partial charge < -0.3 is 14.8 Å². The summed E-state index contributed by atoms with van der Waals surface area (Å²) >= 11 is 0. The molecule has 22 heavy (non-hydrogen) atoms. The van der Waals surface area contributed by atoms with E-state index in [1.807, 2.05) is 31.2 Å². The number of hydrogen-bond donors (Lipinski definition) is 1. The predicted molar refractivity (Wildman–Crippen MR) is 84.7 cm³/mol. The molecule has 0 saturated heterocycles. The molecular weight excluding hydrogens is 280 g/mol. The number of benzene rings is 1. The maximum atomic E-state index is 11.3. The monoisotopic (exact) mass is 304 g/mol. The largest absolute Gasteiger partial charge is 0.490 e. The number of ether oxygens (including phenoxy) is 2. The smallest absolute Gasteiger partial charge is 0.234 e. The van der Waals surface area contributed by atoms with Crippen molar-refractivity contribution in [3.05, 3.63) is 23.8 Å². The van der Waals surface area contributed by atoms with Gasteiger partial charge in [0.25, 0.3) is 0 Å². The molecule has 0 aliphatic carbocycles. The number of nitrogens with one attached hydrogen (secondary N) is 1. The van der Waals surface area contributed by atoms with E-state index in [0.717, 1.165) is 30.6 Å². The molecule has 1 rings (SSSR count). The average molecular weight is 304 g/mol. The number of carbonyl (C=O) groups excluding carboxylic acids is 1. The van der Waals surface area contributed by atoms with E-state index in [1.165, 1.54) is 0 Å². The molecule has 0 atom stereocenters. The van der Waals surface area contributed by atoms with Gasteiger partial charge in [-0.1, -0.05) is 25.8 Å². The first kappa shape index (κ1) is 17.8. The number of rotatable bonds is 10. The Morgan fingerprint density at radius 3 is 2.73 bits per heavy atom. The minimum absolute atomic E-state index is 0.128. The standard InChI is InChI=1S/C17H24N2O3/c1-3-5-6-11-22-15-8-7-14(12-16(15)21-4-2)13-19-17(20)9-10-18/h7-8,12H,3-6,9,11,13H2,1-2H3,(H,19,20). The number of nitriles is 1. The summed E-state index contributed by atoms with van der Waals surface area (Å²) in [6.07, 6.45) is 3.20. The van der Waals surface area contributed by atoms with Crippen LogP contribution in [0.2, 0.25) is 0 Å². The normalized spacial score (nSPS) is 9.86. The van der Waals surface area contributed by atoms with Crippen molar-refractivity contribution in [1.82, 2.24) is 5.32 Å². The van der Waals surface area contributed by atoms with Crippen LogP contribution in [0.4, 0.5) is 0 Å². The van der Waals surface area contributed by atoms with Crippen LogP contribution in [0.15, 0.2) is 18.2 Å². The third-order valence-electron chi connectivity index (χ3n) is 3.04. The second-order valence-corrected chi connectivity index (χ2v) is 4.88. The van der Waals surface area contributed by atoms with Gasteiger partial charge in [0.05, 0.1) is 19.3 Å². The van der Waals surface area contributed by atoms with Crippen LogP contribution in [0.1, 0.15) is 45.1 Å². The number of nitrogens with zero attached hydrogens (tertiary/aromatic N) is 1. The Kier molecular flexibility index (Phi) is 8.51. The molecule has 1 aromatic carbocycles. The lowest BCUT2D eigenvalue weighted by Crippen LogP contribution is -2.21. The minimum atomic E-state index is -0.277. The van der Waals surface area contributed by atoms with Crippen LogP contribution in [0.3, 0.4) is 0 Å². The van der Waals surface area contributed by atoms with Crippen molar-refractivity contribution in [2.24, 2.45) is 0 Å². The van der Waals surface area contributed by atoms with Crippen molar-refractivity contribution in [1.29, 1.82) is 5.26 Å². The molecule has 0 aromatic heterocycles.